The van der Waals surface area contributed by atoms with Gasteiger partial charge in [-0.15, -0.1) is 10.2 Å². The highest BCUT2D eigenvalue weighted by Crippen LogP contribution is 2.30. The summed E-state index contributed by atoms with van der Waals surface area (Å²) in [6, 6.07) is 15.8. The number of unbranched alkanes of at least 4 members (excludes halogenated alkanes) is 1. The number of hydrogen-bond acceptors (Lipinski definition) is 9. The molecule has 2 heterocycles. The number of aromatic amines is 1. The van der Waals surface area contributed by atoms with E-state index in [4.69, 9.17) is 9.47 Å². The summed E-state index contributed by atoms with van der Waals surface area (Å²) >= 11 is 0. The van der Waals surface area contributed by atoms with Crippen LogP contribution in [-0.4, -0.2) is 54.0 Å². The zero-order valence-electron chi connectivity index (χ0n) is 24.0. The quantitative estimate of drug-likeness (QED) is 0.194. The van der Waals surface area contributed by atoms with E-state index in [0.717, 1.165) is 35.1 Å². The van der Waals surface area contributed by atoms with Gasteiger partial charge >= 0.3 is 11.9 Å². The van der Waals surface area contributed by atoms with E-state index in [1.54, 1.807) is 32.3 Å². The van der Waals surface area contributed by atoms with Crippen LogP contribution in [0.15, 0.2) is 48.5 Å². The molecule has 0 amide bonds. The first kappa shape index (κ1) is 29.6. The number of rotatable bonds is 11. The van der Waals surface area contributed by atoms with E-state index >= 15 is 0 Å². The van der Waals surface area contributed by atoms with E-state index in [9.17, 15) is 14.7 Å². The Kier molecular flexibility index (Phi) is 9.28. The molecular weight excluding hydrogens is 524 g/mol. The molecule has 1 atom stereocenters. The molecule has 0 aliphatic rings. The Labute approximate surface area is 238 Å². The van der Waals surface area contributed by atoms with Crippen LogP contribution in [0.2, 0.25) is 0 Å². The molecule has 2 N–H and O–H groups in total. The Morgan fingerprint density at radius 1 is 1.05 bits per heavy atom. The van der Waals surface area contributed by atoms with Crippen LogP contribution in [0.5, 0.6) is 0 Å². The number of tetrazole rings is 1. The molecule has 11 heteroatoms. The number of hydrogen-bond donors (Lipinski definition) is 2. The smallest absolute Gasteiger partial charge is 0.359 e. The van der Waals surface area contributed by atoms with Crippen LogP contribution in [0.1, 0.15) is 81.1 Å². The minimum absolute atomic E-state index is 0.143. The molecule has 11 nitrogen and oxygen atoms in total. The van der Waals surface area contributed by atoms with Gasteiger partial charge in [-0.1, -0.05) is 61.9 Å². The maximum Gasteiger partial charge on any atom is 0.359 e. The standard InChI is InChI=1S/C30H36N6O5/c1-6-7-12-24-31-25(19(2)37)26(28(38)40-18-41-29(39)30(3,4)5)36(24)17-20-13-15-21(16-14-20)22-10-8-9-11-23(22)27-32-34-35-33-27/h8-11,13-16,19,37H,6-7,12,17-18H2,1-5H3,(H,32,33,34,35). The lowest BCUT2D eigenvalue weighted by Crippen LogP contribution is -2.25. The highest BCUT2D eigenvalue weighted by molar-refractivity contribution is 5.89. The van der Waals surface area contributed by atoms with E-state index in [0.29, 0.717) is 24.6 Å². The van der Waals surface area contributed by atoms with Crippen molar-refractivity contribution in [1.82, 2.24) is 30.2 Å². The Bertz CT molecular complexity index is 1470. The SMILES string of the molecule is CCCCc1nc(C(C)O)c(C(=O)OCOC(=O)C(C)(C)C)n1Cc1ccc(-c2ccccc2-c2nn[nH]n2)cc1. The van der Waals surface area contributed by atoms with Crippen molar-refractivity contribution in [3.63, 3.8) is 0 Å². The molecule has 0 saturated heterocycles. The summed E-state index contributed by atoms with van der Waals surface area (Å²) in [5.74, 6) is -0.0266. The molecule has 0 spiro atoms. The average Bonchev–Trinajstić information content (AvgIpc) is 3.60. The number of aliphatic hydroxyl groups is 1. The topological polar surface area (TPSA) is 145 Å². The monoisotopic (exact) mass is 560 g/mol. The Hall–Kier alpha value is -4.38. The highest BCUT2D eigenvalue weighted by Gasteiger charge is 2.28. The van der Waals surface area contributed by atoms with Crippen molar-refractivity contribution < 1.29 is 24.2 Å². The number of imidazole rings is 1. The van der Waals surface area contributed by atoms with Crippen molar-refractivity contribution in [1.29, 1.82) is 0 Å². The summed E-state index contributed by atoms with van der Waals surface area (Å²) in [6.45, 7) is 8.58. The fourth-order valence-electron chi connectivity index (χ4n) is 4.32. The van der Waals surface area contributed by atoms with Crippen molar-refractivity contribution >= 4 is 11.9 Å². The Morgan fingerprint density at radius 2 is 1.76 bits per heavy atom. The fraction of sp³-hybridized carbons (Fsp3) is 0.400. The zero-order chi connectivity index (χ0) is 29.6. The number of nitrogens with one attached hydrogen (secondary N) is 1. The minimum Gasteiger partial charge on any atom is -0.427 e. The van der Waals surface area contributed by atoms with Crippen molar-refractivity contribution in [2.45, 2.75) is 66.5 Å². The number of H-pyrrole nitrogens is 1. The van der Waals surface area contributed by atoms with Crippen molar-refractivity contribution in [2.75, 3.05) is 6.79 Å². The fourth-order valence-corrected chi connectivity index (χ4v) is 4.32. The van der Waals surface area contributed by atoms with Crippen molar-refractivity contribution in [2.24, 2.45) is 5.41 Å². The molecule has 41 heavy (non-hydrogen) atoms. The largest absolute Gasteiger partial charge is 0.427 e. The summed E-state index contributed by atoms with van der Waals surface area (Å²) in [6.07, 6.45) is 1.42. The number of ether oxygens (including phenoxy) is 2. The number of benzene rings is 2. The summed E-state index contributed by atoms with van der Waals surface area (Å²) < 4.78 is 12.3. The molecule has 0 aliphatic carbocycles. The molecule has 0 saturated carbocycles. The summed E-state index contributed by atoms with van der Waals surface area (Å²) in [5, 5.41) is 24.9. The van der Waals surface area contributed by atoms with Gasteiger partial charge in [-0.05, 0) is 56.0 Å². The second-order valence-electron chi connectivity index (χ2n) is 10.8. The molecule has 0 bridgehead atoms. The van der Waals surface area contributed by atoms with E-state index < -0.39 is 30.3 Å². The molecule has 2 aromatic carbocycles. The Balaban J connectivity index is 1.63. The first-order valence-electron chi connectivity index (χ1n) is 13.6. The van der Waals surface area contributed by atoms with E-state index in [-0.39, 0.29) is 11.4 Å². The summed E-state index contributed by atoms with van der Waals surface area (Å²) in [4.78, 5) is 30.0. The zero-order valence-corrected chi connectivity index (χ0v) is 24.0. The van der Waals surface area contributed by atoms with Gasteiger partial charge in [-0.2, -0.15) is 5.21 Å². The molecule has 4 rings (SSSR count). The number of esters is 2. The lowest BCUT2D eigenvalue weighted by Gasteiger charge is -2.17. The van der Waals surface area contributed by atoms with Crippen LogP contribution >= 0.6 is 0 Å². The van der Waals surface area contributed by atoms with Gasteiger partial charge in [0.15, 0.2) is 5.69 Å². The molecule has 216 valence electrons. The Morgan fingerprint density at radius 3 is 2.37 bits per heavy atom. The van der Waals surface area contributed by atoms with E-state index in [2.05, 4.69) is 32.5 Å². The van der Waals surface area contributed by atoms with Crippen LogP contribution in [0.3, 0.4) is 0 Å². The molecule has 1 unspecified atom stereocenters. The maximum absolute atomic E-state index is 13.3. The molecular formula is C30H36N6O5. The second kappa shape index (κ2) is 12.9. The third-order valence-electron chi connectivity index (χ3n) is 6.53. The molecule has 4 aromatic rings. The van der Waals surface area contributed by atoms with E-state index in [1.165, 1.54) is 0 Å². The predicted octanol–water partition coefficient (Wildman–Crippen LogP) is 4.88. The predicted molar refractivity (Wildman–Crippen MR) is 151 cm³/mol. The van der Waals surface area contributed by atoms with Gasteiger partial charge in [0.1, 0.15) is 11.5 Å². The maximum atomic E-state index is 13.3. The van der Waals surface area contributed by atoms with Crippen molar-refractivity contribution in [3.8, 4) is 22.5 Å². The molecule has 0 aliphatic heterocycles. The van der Waals surface area contributed by atoms with Crippen LogP contribution < -0.4 is 0 Å². The number of nitrogens with zero attached hydrogens (tertiary/aromatic N) is 5. The van der Waals surface area contributed by atoms with E-state index in [1.807, 2.05) is 48.5 Å². The number of aryl methyl sites for hydroxylation is 1. The number of carbonyl (C=O) groups excluding carboxylic acids is 2. The number of carbonyl (C=O) groups is 2. The normalized spacial score (nSPS) is 12.2. The summed E-state index contributed by atoms with van der Waals surface area (Å²) in [5.41, 5.74) is 3.34. The first-order valence-corrected chi connectivity index (χ1v) is 13.6. The van der Waals surface area contributed by atoms with Crippen molar-refractivity contribution in [3.05, 3.63) is 71.3 Å². The first-order chi connectivity index (χ1) is 19.6. The van der Waals surface area contributed by atoms with Gasteiger partial charge in [0.25, 0.3) is 0 Å². The average molecular weight is 561 g/mol. The lowest BCUT2D eigenvalue weighted by molar-refractivity contribution is -0.161. The summed E-state index contributed by atoms with van der Waals surface area (Å²) in [7, 11) is 0. The second-order valence-corrected chi connectivity index (χ2v) is 10.8. The number of aromatic nitrogens is 6. The van der Waals surface area contributed by atoms with Crippen LogP contribution in [0, 0.1) is 5.41 Å². The van der Waals surface area contributed by atoms with Gasteiger partial charge in [0.05, 0.1) is 11.5 Å². The van der Waals surface area contributed by atoms with Gasteiger partial charge in [-0.25, -0.2) is 9.78 Å². The molecule has 0 radical (unpaired) electrons. The minimum atomic E-state index is -1.000. The third kappa shape index (κ3) is 7.04. The molecule has 0 fully saturated rings. The van der Waals surface area contributed by atoms with Crippen LogP contribution in [0.25, 0.3) is 22.5 Å². The van der Waals surface area contributed by atoms with Gasteiger partial charge in [0, 0.05) is 18.5 Å². The van der Waals surface area contributed by atoms with Crippen LogP contribution in [-0.2, 0) is 27.2 Å². The lowest BCUT2D eigenvalue weighted by atomic mass is 9.98. The highest BCUT2D eigenvalue weighted by atomic mass is 16.7. The van der Waals surface area contributed by atoms with Gasteiger partial charge in [-0.3, -0.25) is 4.79 Å². The van der Waals surface area contributed by atoms with Crippen LogP contribution in [0.4, 0.5) is 0 Å². The third-order valence-corrected chi connectivity index (χ3v) is 6.53. The number of aliphatic hydroxyl groups excluding tert-OH is 1. The van der Waals surface area contributed by atoms with Gasteiger partial charge < -0.3 is 19.1 Å². The van der Waals surface area contributed by atoms with Gasteiger partial charge in [0.2, 0.25) is 12.6 Å². The molecule has 2 aromatic heterocycles.